The maximum absolute atomic E-state index is 11.7. The molecule has 2 fully saturated rings. The Bertz CT molecular complexity index is 245. The zero-order chi connectivity index (χ0) is 12.1. The quantitative estimate of drug-likeness (QED) is 0.745. The smallest absolute Gasteiger partial charge is 0.221 e. The lowest BCUT2D eigenvalue weighted by atomic mass is 9.84. The molecule has 0 spiro atoms. The van der Waals surface area contributed by atoms with Gasteiger partial charge in [0.1, 0.15) is 0 Å². The maximum Gasteiger partial charge on any atom is 0.221 e. The van der Waals surface area contributed by atoms with Gasteiger partial charge in [-0.1, -0.05) is 19.3 Å². The highest BCUT2D eigenvalue weighted by Crippen LogP contribution is 2.26. The third kappa shape index (κ3) is 4.66. The third-order valence-electron chi connectivity index (χ3n) is 4.11. The topological polar surface area (TPSA) is 41.1 Å². The zero-order valence-corrected chi connectivity index (χ0v) is 11.0. The maximum atomic E-state index is 11.7. The van der Waals surface area contributed by atoms with Crippen LogP contribution in [0.2, 0.25) is 0 Å². The summed E-state index contributed by atoms with van der Waals surface area (Å²) in [6.07, 6.45) is 9.86. The van der Waals surface area contributed by atoms with Crippen LogP contribution >= 0.6 is 0 Å². The van der Waals surface area contributed by atoms with Gasteiger partial charge >= 0.3 is 0 Å². The van der Waals surface area contributed by atoms with Crippen LogP contribution in [0.1, 0.15) is 58.3 Å². The highest BCUT2D eigenvalue weighted by atomic mass is 16.1. The molecule has 0 bridgehead atoms. The van der Waals surface area contributed by atoms with E-state index in [2.05, 4.69) is 17.6 Å². The minimum Gasteiger partial charge on any atom is -0.353 e. The first-order valence-electron chi connectivity index (χ1n) is 7.28. The molecule has 17 heavy (non-hydrogen) atoms. The number of carbonyl (C=O) groups is 1. The van der Waals surface area contributed by atoms with E-state index in [0.29, 0.717) is 24.4 Å². The van der Waals surface area contributed by atoms with Crippen molar-refractivity contribution in [3.05, 3.63) is 0 Å². The first-order valence-corrected chi connectivity index (χ1v) is 7.28. The summed E-state index contributed by atoms with van der Waals surface area (Å²) < 4.78 is 0. The van der Waals surface area contributed by atoms with E-state index in [0.717, 1.165) is 6.54 Å². The van der Waals surface area contributed by atoms with Crippen molar-refractivity contribution in [3.63, 3.8) is 0 Å². The molecule has 2 aliphatic carbocycles. The standard InChI is InChI=1S/C14H26N2O/c1-11(12-5-3-2-4-6-12)16-14(17)9-10-15-13-7-8-13/h11-13,15H,2-10H2,1H3,(H,16,17). The molecule has 1 unspecified atom stereocenters. The Kier molecular flexibility index (Phi) is 4.84. The van der Waals surface area contributed by atoms with Crippen LogP contribution in [0, 0.1) is 5.92 Å². The van der Waals surface area contributed by atoms with Crippen molar-refractivity contribution in [3.8, 4) is 0 Å². The van der Waals surface area contributed by atoms with Crippen LogP contribution in [0.15, 0.2) is 0 Å². The summed E-state index contributed by atoms with van der Waals surface area (Å²) in [7, 11) is 0. The second-order valence-corrected chi connectivity index (χ2v) is 5.73. The molecule has 3 nitrogen and oxygen atoms in total. The van der Waals surface area contributed by atoms with Crippen molar-refractivity contribution in [2.24, 2.45) is 5.92 Å². The molecule has 1 amide bonds. The molecule has 2 saturated carbocycles. The minimum absolute atomic E-state index is 0.219. The molecular formula is C14H26N2O. The molecule has 2 N–H and O–H groups in total. The second kappa shape index (κ2) is 6.39. The molecule has 98 valence electrons. The Hall–Kier alpha value is -0.570. The first-order chi connectivity index (χ1) is 8.25. The van der Waals surface area contributed by atoms with Gasteiger partial charge in [-0.05, 0) is 38.5 Å². The predicted molar refractivity (Wildman–Crippen MR) is 69.8 cm³/mol. The Morgan fingerprint density at radius 1 is 1.18 bits per heavy atom. The molecule has 0 radical (unpaired) electrons. The molecule has 0 aromatic carbocycles. The second-order valence-electron chi connectivity index (χ2n) is 5.73. The zero-order valence-electron chi connectivity index (χ0n) is 11.0. The van der Waals surface area contributed by atoms with Crippen molar-refractivity contribution in [1.82, 2.24) is 10.6 Å². The van der Waals surface area contributed by atoms with Crippen LogP contribution < -0.4 is 10.6 Å². The van der Waals surface area contributed by atoms with Crippen LogP contribution in [0.25, 0.3) is 0 Å². The first kappa shape index (κ1) is 12.9. The number of carbonyl (C=O) groups excluding carboxylic acids is 1. The summed E-state index contributed by atoms with van der Waals surface area (Å²) in [5.41, 5.74) is 0. The fourth-order valence-electron chi connectivity index (χ4n) is 2.76. The number of hydrogen-bond donors (Lipinski definition) is 2. The van der Waals surface area contributed by atoms with Gasteiger partial charge in [-0.25, -0.2) is 0 Å². The monoisotopic (exact) mass is 238 g/mol. The van der Waals surface area contributed by atoms with Crippen LogP contribution in [-0.4, -0.2) is 24.5 Å². The summed E-state index contributed by atoms with van der Waals surface area (Å²) in [4.78, 5) is 11.7. The van der Waals surface area contributed by atoms with Crippen LogP contribution in [0.3, 0.4) is 0 Å². The lowest BCUT2D eigenvalue weighted by molar-refractivity contribution is -0.122. The van der Waals surface area contributed by atoms with Gasteiger partial charge in [0.2, 0.25) is 5.91 Å². The van der Waals surface area contributed by atoms with Gasteiger partial charge in [-0.2, -0.15) is 0 Å². The molecule has 0 heterocycles. The Labute approximate surface area is 105 Å². The highest BCUT2D eigenvalue weighted by Gasteiger charge is 2.22. The van der Waals surface area contributed by atoms with E-state index in [1.807, 2.05) is 0 Å². The SMILES string of the molecule is CC(NC(=O)CCNC1CC1)C1CCCCC1. The van der Waals surface area contributed by atoms with Crippen LogP contribution in [0.4, 0.5) is 0 Å². The fourth-order valence-corrected chi connectivity index (χ4v) is 2.76. The van der Waals surface area contributed by atoms with E-state index in [9.17, 15) is 4.79 Å². The van der Waals surface area contributed by atoms with Crippen molar-refractivity contribution >= 4 is 5.91 Å². The summed E-state index contributed by atoms with van der Waals surface area (Å²) in [6, 6.07) is 1.07. The molecule has 3 heteroatoms. The van der Waals surface area contributed by atoms with Crippen molar-refractivity contribution in [2.75, 3.05) is 6.54 Å². The predicted octanol–water partition coefficient (Wildman–Crippen LogP) is 2.21. The molecular weight excluding hydrogens is 212 g/mol. The molecule has 0 saturated heterocycles. The van der Waals surface area contributed by atoms with E-state index in [-0.39, 0.29) is 5.91 Å². The van der Waals surface area contributed by atoms with Gasteiger partial charge in [0.25, 0.3) is 0 Å². The van der Waals surface area contributed by atoms with Gasteiger partial charge in [-0.3, -0.25) is 4.79 Å². The molecule has 0 aromatic rings. The number of hydrogen-bond acceptors (Lipinski definition) is 2. The Morgan fingerprint density at radius 3 is 2.53 bits per heavy atom. The van der Waals surface area contributed by atoms with Gasteiger partial charge in [0.05, 0.1) is 0 Å². The van der Waals surface area contributed by atoms with Gasteiger partial charge in [-0.15, -0.1) is 0 Å². The highest BCUT2D eigenvalue weighted by molar-refractivity contribution is 5.76. The lowest BCUT2D eigenvalue weighted by Crippen LogP contribution is -2.40. The van der Waals surface area contributed by atoms with E-state index < -0.39 is 0 Å². The van der Waals surface area contributed by atoms with Gasteiger partial charge in [0.15, 0.2) is 0 Å². The van der Waals surface area contributed by atoms with E-state index in [1.165, 1.54) is 44.9 Å². The van der Waals surface area contributed by atoms with Gasteiger partial charge in [0, 0.05) is 25.0 Å². The summed E-state index contributed by atoms with van der Waals surface area (Å²) in [5, 5.41) is 6.54. The molecule has 2 rings (SSSR count). The molecule has 2 aliphatic rings. The number of nitrogens with one attached hydrogen (secondary N) is 2. The van der Waals surface area contributed by atoms with E-state index in [4.69, 9.17) is 0 Å². The Balaban J connectivity index is 1.58. The Morgan fingerprint density at radius 2 is 1.88 bits per heavy atom. The third-order valence-corrected chi connectivity index (χ3v) is 4.11. The minimum atomic E-state index is 0.219. The van der Waals surface area contributed by atoms with Gasteiger partial charge < -0.3 is 10.6 Å². The van der Waals surface area contributed by atoms with E-state index in [1.54, 1.807) is 0 Å². The summed E-state index contributed by atoms with van der Waals surface area (Å²) in [5.74, 6) is 0.931. The average Bonchev–Trinajstić information content (AvgIpc) is 3.14. The normalized spacial score (nSPS) is 23.4. The number of amides is 1. The molecule has 1 atom stereocenters. The lowest BCUT2D eigenvalue weighted by Gasteiger charge is -2.28. The van der Waals surface area contributed by atoms with Crippen molar-refractivity contribution in [1.29, 1.82) is 0 Å². The van der Waals surface area contributed by atoms with E-state index >= 15 is 0 Å². The largest absolute Gasteiger partial charge is 0.353 e. The molecule has 0 aliphatic heterocycles. The fraction of sp³-hybridized carbons (Fsp3) is 0.929. The van der Waals surface area contributed by atoms with Crippen LogP contribution in [-0.2, 0) is 4.79 Å². The summed E-state index contributed by atoms with van der Waals surface area (Å²) >= 11 is 0. The van der Waals surface area contributed by atoms with Crippen molar-refractivity contribution < 1.29 is 4.79 Å². The number of rotatable bonds is 6. The summed E-state index contributed by atoms with van der Waals surface area (Å²) in [6.45, 7) is 3.01. The molecule has 0 aromatic heterocycles. The van der Waals surface area contributed by atoms with Crippen molar-refractivity contribution in [2.45, 2.75) is 70.4 Å². The average molecular weight is 238 g/mol. The van der Waals surface area contributed by atoms with Crippen LogP contribution in [0.5, 0.6) is 0 Å².